The third kappa shape index (κ3) is 3.13. The highest BCUT2D eigenvalue weighted by Crippen LogP contribution is 2.44. The molecule has 3 unspecified atom stereocenters. The number of rotatable bonds is 3. The Morgan fingerprint density at radius 3 is 2.88 bits per heavy atom. The Morgan fingerprint density at radius 1 is 1.31 bits per heavy atom. The van der Waals surface area contributed by atoms with E-state index in [0.29, 0.717) is 19.6 Å². The molecule has 2 aliphatic heterocycles. The minimum absolute atomic E-state index is 0.0286. The van der Waals surface area contributed by atoms with E-state index in [2.05, 4.69) is 30.0 Å². The molecule has 134 valence electrons. The fourth-order valence-corrected chi connectivity index (χ4v) is 5.29. The zero-order chi connectivity index (χ0) is 18.1. The van der Waals surface area contributed by atoms with E-state index < -0.39 is 0 Å². The van der Waals surface area contributed by atoms with E-state index in [0.717, 1.165) is 22.8 Å². The summed E-state index contributed by atoms with van der Waals surface area (Å²) in [5.74, 6) is 1.59. The molecule has 4 rings (SSSR count). The molecular weight excluding hydrogens is 346 g/mol. The van der Waals surface area contributed by atoms with Gasteiger partial charge in [-0.2, -0.15) is 5.26 Å². The number of nitrogens with zero attached hydrogens (tertiary/aromatic N) is 3. The minimum Gasteiger partial charge on any atom is -0.468 e. The van der Waals surface area contributed by atoms with E-state index in [1.165, 1.54) is 0 Å². The van der Waals surface area contributed by atoms with Crippen molar-refractivity contribution in [3.05, 3.63) is 59.5 Å². The fourth-order valence-electron chi connectivity index (χ4n) is 3.94. The van der Waals surface area contributed by atoms with Crippen LogP contribution in [0.5, 0.6) is 0 Å². The van der Waals surface area contributed by atoms with E-state index in [9.17, 15) is 10.1 Å². The lowest BCUT2D eigenvalue weighted by molar-refractivity contribution is -0.139. The summed E-state index contributed by atoms with van der Waals surface area (Å²) in [6, 6.07) is 14.4. The van der Waals surface area contributed by atoms with Gasteiger partial charge in [-0.3, -0.25) is 9.69 Å². The summed E-state index contributed by atoms with van der Waals surface area (Å²) < 4.78 is 5.42. The molecule has 2 aromatic rings. The van der Waals surface area contributed by atoms with Gasteiger partial charge in [0.25, 0.3) is 0 Å². The topological polar surface area (TPSA) is 60.5 Å². The molecule has 0 bridgehead atoms. The van der Waals surface area contributed by atoms with Gasteiger partial charge in [0, 0.05) is 18.2 Å². The van der Waals surface area contributed by atoms with E-state index in [-0.39, 0.29) is 23.1 Å². The molecule has 3 atom stereocenters. The molecular formula is C20H21N3O2S. The maximum atomic E-state index is 12.9. The number of carbonyl (C=O) groups is 1. The van der Waals surface area contributed by atoms with E-state index in [4.69, 9.17) is 4.42 Å². The van der Waals surface area contributed by atoms with Crippen molar-refractivity contribution in [3.8, 4) is 6.07 Å². The molecule has 5 nitrogen and oxygen atoms in total. The molecule has 3 heterocycles. The summed E-state index contributed by atoms with van der Waals surface area (Å²) in [4.78, 5) is 16.9. The summed E-state index contributed by atoms with van der Waals surface area (Å²) >= 11 is 1.68. The molecule has 0 radical (unpaired) electrons. The Labute approximate surface area is 157 Å². The lowest BCUT2D eigenvalue weighted by Gasteiger charge is -2.47. The SMILES string of the molecule is Cc1ccccc1C1CC(=O)N2CN(Cc3ccco3)CSC2C1C#N. The second-order valence-electron chi connectivity index (χ2n) is 6.92. The Morgan fingerprint density at radius 2 is 2.15 bits per heavy atom. The standard InChI is InChI=1S/C20H21N3O2S/c1-14-5-2-3-7-16(14)17-9-19(24)23-12-22(11-15-6-4-8-25-15)13-26-20(23)18(17)10-21/h2-8,17-18,20H,9,11-13H2,1H3. The van der Waals surface area contributed by atoms with Gasteiger partial charge in [0.15, 0.2) is 0 Å². The number of amides is 1. The second-order valence-corrected chi connectivity index (χ2v) is 8.00. The average Bonchev–Trinajstić information content (AvgIpc) is 3.15. The molecule has 26 heavy (non-hydrogen) atoms. The summed E-state index contributed by atoms with van der Waals surface area (Å²) in [5.41, 5.74) is 2.28. The molecule has 1 amide bonds. The molecule has 2 aliphatic rings. The van der Waals surface area contributed by atoms with Crippen LogP contribution in [0.3, 0.4) is 0 Å². The van der Waals surface area contributed by atoms with Gasteiger partial charge in [-0.25, -0.2) is 0 Å². The smallest absolute Gasteiger partial charge is 0.225 e. The van der Waals surface area contributed by atoms with Crippen molar-refractivity contribution < 1.29 is 9.21 Å². The highest BCUT2D eigenvalue weighted by Gasteiger charge is 2.46. The number of fused-ring (bicyclic) bond motifs is 1. The number of piperidine rings is 1. The largest absolute Gasteiger partial charge is 0.468 e. The first kappa shape index (κ1) is 17.2. The van der Waals surface area contributed by atoms with Crippen LogP contribution in [-0.4, -0.2) is 33.6 Å². The molecule has 0 aliphatic carbocycles. The van der Waals surface area contributed by atoms with Gasteiger partial charge in [-0.1, -0.05) is 24.3 Å². The minimum atomic E-state index is -0.190. The Hall–Kier alpha value is -2.23. The Kier molecular flexibility index (Phi) is 4.75. The molecule has 2 fully saturated rings. The van der Waals surface area contributed by atoms with Crippen LogP contribution < -0.4 is 0 Å². The van der Waals surface area contributed by atoms with Crippen LogP contribution in [0.2, 0.25) is 0 Å². The van der Waals surface area contributed by atoms with Gasteiger partial charge in [0.05, 0.1) is 36.8 Å². The molecule has 0 N–H and O–H groups in total. The number of benzene rings is 1. The van der Waals surface area contributed by atoms with Crippen molar-refractivity contribution in [1.82, 2.24) is 9.80 Å². The highest BCUT2D eigenvalue weighted by molar-refractivity contribution is 7.99. The van der Waals surface area contributed by atoms with Gasteiger partial charge in [0.2, 0.25) is 5.91 Å². The van der Waals surface area contributed by atoms with Gasteiger partial charge in [-0.15, -0.1) is 11.8 Å². The first-order valence-electron chi connectivity index (χ1n) is 8.78. The van der Waals surface area contributed by atoms with Gasteiger partial charge in [0.1, 0.15) is 5.76 Å². The zero-order valence-electron chi connectivity index (χ0n) is 14.7. The molecule has 1 aromatic carbocycles. The van der Waals surface area contributed by atoms with Crippen LogP contribution >= 0.6 is 11.8 Å². The quantitative estimate of drug-likeness (QED) is 0.830. The summed E-state index contributed by atoms with van der Waals surface area (Å²) in [6.07, 6.45) is 2.06. The van der Waals surface area contributed by atoms with Gasteiger partial charge in [-0.05, 0) is 30.2 Å². The summed E-state index contributed by atoms with van der Waals surface area (Å²) in [6.45, 7) is 3.28. The Balaban J connectivity index is 1.55. The highest BCUT2D eigenvalue weighted by atomic mass is 32.2. The normalized spacial score (nSPS) is 26.4. The van der Waals surface area contributed by atoms with Crippen LogP contribution in [-0.2, 0) is 11.3 Å². The fraction of sp³-hybridized carbons (Fsp3) is 0.400. The number of thioether (sulfide) groups is 1. The van der Waals surface area contributed by atoms with Crippen molar-refractivity contribution in [1.29, 1.82) is 5.26 Å². The number of furan rings is 1. The second kappa shape index (κ2) is 7.18. The van der Waals surface area contributed by atoms with E-state index in [1.54, 1.807) is 18.0 Å². The lowest BCUT2D eigenvalue weighted by Crippen LogP contribution is -2.56. The summed E-state index contributed by atoms with van der Waals surface area (Å²) in [7, 11) is 0. The van der Waals surface area contributed by atoms with Crippen molar-refractivity contribution in [2.24, 2.45) is 5.92 Å². The maximum absolute atomic E-state index is 12.9. The molecule has 0 spiro atoms. The van der Waals surface area contributed by atoms with Crippen LogP contribution in [0.4, 0.5) is 0 Å². The molecule has 1 aromatic heterocycles. The first-order valence-corrected chi connectivity index (χ1v) is 9.83. The average molecular weight is 367 g/mol. The predicted octanol–water partition coefficient (Wildman–Crippen LogP) is 3.53. The first-order chi connectivity index (χ1) is 12.7. The Bertz CT molecular complexity index is 830. The number of hydrogen-bond donors (Lipinski definition) is 0. The van der Waals surface area contributed by atoms with E-state index >= 15 is 0 Å². The number of aryl methyl sites for hydroxylation is 1. The van der Waals surface area contributed by atoms with Crippen LogP contribution in [0.25, 0.3) is 0 Å². The maximum Gasteiger partial charge on any atom is 0.225 e. The van der Waals surface area contributed by atoms with Crippen LogP contribution in [0, 0.1) is 24.2 Å². The number of hydrogen-bond acceptors (Lipinski definition) is 5. The van der Waals surface area contributed by atoms with Gasteiger partial charge < -0.3 is 9.32 Å². The van der Waals surface area contributed by atoms with Crippen molar-refractivity contribution in [2.75, 3.05) is 12.5 Å². The van der Waals surface area contributed by atoms with Crippen LogP contribution in [0.15, 0.2) is 47.1 Å². The monoisotopic (exact) mass is 367 g/mol. The summed E-state index contributed by atoms with van der Waals surface area (Å²) in [5, 5.41) is 9.80. The predicted molar refractivity (Wildman–Crippen MR) is 99.9 cm³/mol. The zero-order valence-corrected chi connectivity index (χ0v) is 15.5. The number of carbonyl (C=O) groups excluding carboxylic acids is 1. The molecule has 0 saturated carbocycles. The van der Waals surface area contributed by atoms with Crippen molar-refractivity contribution in [3.63, 3.8) is 0 Å². The third-order valence-electron chi connectivity index (χ3n) is 5.24. The number of nitriles is 1. The van der Waals surface area contributed by atoms with Crippen molar-refractivity contribution in [2.45, 2.75) is 31.2 Å². The molecule has 6 heteroatoms. The van der Waals surface area contributed by atoms with Crippen molar-refractivity contribution >= 4 is 17.7 Å². The lowest BCUT2D eigenvalue weighted by atomic mass is 9.79. The van der Waals surface area contributed by atoms with Gasteiger partial charge >= 0.3 is 0 Å². The third-order valence-corrected chi connectivity index (χ3v) is 6.64. The molecule has 2 saturated heterocycles. The van der Waals surface area contributed by atoms with Crippen LogP contribution in [0.1, 0.15) is 29.2 Å². The van der Waals surface area contributed by atoms with E-state index in [1.807, 2.05) is 29.2 Å².